The molecule has 1 saturated heterocycles. The molecule has 152 valence electrons. The maximum Gasteiger partial charge on any atom is 0.234 e. The highest BCUT2D eigenvalue weighted by Crippen LogP contribution is 2.29. The van der Waals surface area contributed by atoms with Crippen molar-refractivity contribution in [3.63, 3.8) is 0 Å². The Hall–Kier alpha value is -1.77. The van der Waals surface area contributed by atoms with E-state index >= 15 is 0 Å². The molecular weight excluding hydrogens is 400 g/mol. The van der Waals surface area contributed by atoms with E-state index in [0.29, 0.717) is 23.0 Å². The molecule has 1 aliphatic heterocycles. The lowest BCUT2D eigenvalue weighted by Gasteiger charge is -2.16. The minimum atomic E-state index is -0.164. The van der Waals surface area contributed by atoms with E-state index in [1.165, 1.54) is 11.8 Å². The molecule has 2 heterocycles. The molecule has 1 aromatic heterocycles. The van der Waals surface area contributed by atoms with Gasteiger partial charge in [-0.05, 0) is 31.0 Å². The molecule has 1 atom stereocenters. The smallest absolute Gasteiger partial charge is 0.234 e. The van der Waals surface area contributed by atoms with Gasteiger partial charge >= 0.3 is 0 Å². The Balaban J connectivity index is 1.66. The van der Waals surface area contributed by atoms with Crippen LogP contribution >= 0.6 is 23.4 Å². The molecule has 0 radical (unpaired) electrons. The van der Waals surface area contributed by atoms with Crippen LogP contribution in [0.5, 0.6) is 5.75 Å². The zero-order chi connectivity index (χ0) is 20.1. The highest BCUT2D eigenvalue weighted by molar-refractivity contribution is 7.99. The van der Waals surface area contributed by atoms with Gasteiger partial charge in [0, 0.05) is 17.5 Å². The lowest BCUT2D eigenvalue weighted by Crippen LogP contribution is -2.19. The van der Waals surface area contributed by atoms with Gasteiger partial charge in [0.05, 0.1) is 31.2 Å². The van der Waals surface area contributed by atoms with Crippen molar-refractivity contribution in [1.82, 2.24) is 14.8 Å². The number of thioether (sulfide) groups is 1. The number of nitrogens with zero attached hydrogens (tertiary/aromatic N) is 3. The first-order valence-electron chi connectivity index (χ1n) is 9.28. The zero-order valence-corrected chi connectivity index (χ0v) is 17.8. The van der Waals surface area contributed by atoms with E-state index < -0.39 is 0 Å². The lowest BCUT2D eigenvalue weighted by atomic mass is 10.2. The van der Waals surface area contributed by atoms with Gasteiger partial charge in [0.25, 0.3) is 0 Å². The molecule has 1 aromatic carbocycles. The first kappa shape index (κ1) is 21.0. The van der Waals surface area contributed by atoms with E-state index in [2.05, 4.69) is 33.9 Å². The SMILES string of the molecule is COc1ccc(Cl)cc1NC(=O)CSc1nnc(C(C)C)n1CC1CCCO1. The number of ether oxygens (including phenoxy) is 2. The summed E-state index contributed by atoms with van der Waals surface area (Å²) in [7, 11) is 1.55. The summed E-state index contributed by atoms with van der Waals surface area (Å²) < 4.78 is 13.1. The van der Waals surface area contributed by atoms with Crippen LogP contribution in [0, 0.1) is 0 Å². The first-order valence-corrected chi connectivity index (χ1v) is 10.6. The lowest BCUT2D eigenvalue weighted by molar-refractivity contribution is -0.113. The fraction of sp³-hybridized carbons (Fsp3) is 0.526. The van der Waals surface area contributed by atoms with Gasteiger partial charge in [0.1, 0.15) is 11.6 Å². The van der Waals surface area contributed by atoms with Crippen LogP contribution in [0.4, 0.5) is 5.69 Å². The maximum atomic E-state index is 12.4. The third-order valence-electron chi connectivity index (χ3n) is 4.44. The Morgan fingerprint density at radius 1 is 1.46 bits per heavy atom. The quantitative estimate of drug-likeness (QED) is 0.646. The van der Waals surface area contributed by atoms with Crippen LogP contribution in [-0.2, 0) is 16.1 Å². The predicted molar refractivity (Wildman–Crippen MR) is 110 cm³/mol. The molecule has 1 aliphatic rings. The molecule has 2 aromatic rings. The fourth-order valence-electron chi connectivity index (χ4n) is 3.09. The van der Waals surface area contributed by atoms with Crippen molar-refractivity contribution in [2.24, 2.45) is 0 Å². The predicted octanol–water partition coefficient (Wildman–Crippen LogP) is 3.97. The normalized spacial score (nSPS) is 16.5. The number of nitrogens with one attached hydrogen (secondary N) is 1. The van der Waals surface area contributed by atoms with Crippen LogP contribution in [0.25, 0.3) is 0 Å². The van der Waals surface area contributed by atoms with Gasteiger partial charge in [-0.3, -0.25) is 4.79 Å². The van der Waals surface area contributed by atoms with E-state index in [0.717, 1.165) is 30.4 Å². The summed E-state index contributed by atoms with van der Waals surface area (Å²) in [6, 6.07) is 5.10. The number of anilines is 1. The Kier molecular flexibility index (Phi) is 7.20. The number of amides is 1. The summed E-state index contributed by atoms with van der Waals surface area (Å²) in [6.07, 6.45) is 2.29. The average Bonchev–Trinajstić information content (AvgIpc) is 3.30. The van der Waals surface area contributed by atoms with Crippen molar-refractivity contribution >= 4 is 35.0 Å². The van der Waals surface area contributed by atoms with Gasteiger partial charge < -0.3 is 19.4 Å². The number of aromatic nitrogens is 3. The number of benzene rings is 1. The van der Waals surface area contributed by atoms with Crippen LogP contribution in [0.15, 0.2) is 23.4 Å². The number of methoxy groups -OCH3 is 1. The molecule has 0 saturated carbocycles. The summed E-state index contributed by atoms with van der Waals surface area (Å²) >= 11 is 7.38. The van der Waals surface area contributed by atoms with Crippen LogP contribution in [-0.4, -0.2) is 46.2 Å². The van der Waals surface area contributed by atoms with Crippen molar-refractivity contribution in [2.75, 3.05) is 24.8 Å². The third-order valence-corrected chi connectivity index (χ3v) is 5.64. The van der Waals surface area contributed by atoms with Gasteiger partial charge in [0.15, 0.2) is 5.16 Å². The van der Waals surface area contributed by atoms with Gasteiger partial charge in [-0.15, -0.1) is 10.2 Å². The molecule has 9 heteroatoms. The number of halogens is 1. The number of carbonyl (C=O) groups excluding carboxylic acids is 1. The Morgan fingerprint density at radius 3 is 2.96 bits per heavy atom. The first-order chi connectivity index (χ1) is 13.5. The molecule has 28 heavy (non-hydrogen) atoms. The molecule has 7 nitrogen and oxygen atoms in total. The number of hydrogen-bond donors (Lipinski definition) is 1. The Morgan fingerprint density at radius 2 is 2.29 bits per heavy atom. The highest BCUT2D eigenvalue weighted by Gasteiger charge is 2.22. The summed E-state index contributed by atoms with van der Waals surface area (Å²) in [5, 5.41) is 12.7. The highest BCUT2D eigenvalue weighted by atomic mass is 35.5. The summed E-state index contributed by atoms with van der Waals surface area (Å²) in [5.41, 5.74) is 0.546. The van der Waals surface area contributed by atoms with Crippen molar-refractivity contribution < 1.29 is 14.3 Å². The molecule has 1 amide bonds. The largest absolute Gasteiger partial charge is 0.495 e. The molecule has 0 spiro atoms. The molecule has 1 N–H and O–H groups in total. The topological polar surface area (TPSA) is 78.3 Å². The molecule has 0 aliphatic carbocycles. The van der Waals surface area contributed by atoms with Gasteiger partial charge in [-0.1, -0.05) is 37.2 Å². The minimum Gasteiger partial charge on any atom is -0.495 e. The fourth-order valence-corrected chi connectivity index (χ4v) is 4.02. The second-order valence-corrected chi connectivity index (χ2v) is 8.30. The molecule has 1 unspecified atom stereocenters. The van der Waals surface area contributed by atoms with Crippen molar-refractivity contribution in [3.05, 3.63) is 29.0 Å². The summed E-state index contributed by atoms with van der Waals surface area (Å²) in [5.74, 6) is 1.76. The second kappa shape index (κ2) is 9.62. The number of rotatable bonds is 8. The van der Waals surface area contributed by atoms with E-state index in [9.17, 15) is 4.79 Å². The third kappa shape index (κ3) is 5.18. The maximum absolute atomic E-state index is 12.4. The van der Waals surface area contributed by atoms with E-state index in [4.69, 9.17) is 21.1 Å². The minimum absolute atomic E-state index is 0.164. The monoisotopic (exact) mass is 424 g/mol. The average molecular weight is 425 g/mol. The number of carbonyl (C=O) groups is 1. The standard InChI is InChI=1S/C19H25ClN4O3S/c1-12(2)18-22-23-19(24(18)10-14-5-4-8-27-14)28-11-17(25)21-15-9-13(20)6-7-16(15)26-3/h6-7,9,12,14H,4-5,8,10-11H2,1-3H3,(H,21,25). The molecule has 3 rings (SSSR count). The number of hydrogen-bond acceptors (Lipinski definition) is 6. The van der Waals surface area contributed by atoms with Gasteiger partial charge in [-0.2, -0.15) is 0 Å². The van der Waals surface area contributed by atoms with Crippen LogP contribution in [0.3, 0.4) is 0 Å². The zero-order valence-electron chi connectivity index (χ0n) is 16.3. The van der Waals surface area contributed by atoms with Crippen molar-refractivity contribution in [1.29, 1.82) is 0 Å². The molecule has 1 fully saturated rings. The summed E-state index contributed by atoms with van der Waals surface area (Å²) in [4.78, 5) is 12.4. The van der Waals surface area contributed by atoms with Crippen molar-refractivity contribution in [2.45, 2.75) is 50.4 Å². The van der Waals surface area contributed by atoms with Crippen LogP contribution < -0.4 is 10.1 Å². The van der Waals surface area contributed by atoms with Crippen LogP contribution in [0.1, 0.15) is 38.4 Å². The van der Waals surface area contributed by atoms with E-state index in [-0.39, 0.29) is 23.7 Å². The van der Waals surface area contributed by atoms with Crippen molar-refractivity contribution in [3.8, 4) is 5.75 Å². The van der Waals surface area contributed by atoms with Gasteiger partial charge in [0.2, 0.25) is 5.91 Å². The second-order valence-electron chi connectivity index (χ2n) is 6.92. The Bertz CT molecular complexity index is 822. The Labute approximate surface area is 174 Å². The van der Waals surface area contributed by atoms with E-state index in [1.54, 1.807) is 25.3 Å². The van der Waals surface area contributed by atoms with Crippen LogP contribution in [0.2, 0.25) is 5.02 Å². The molecule has 0 bridgehead atoms. The molecular formula is C19H25ClN4O3S. The summed E-state index contributed by atoms with van der Waals surface area (Å²) in [6.45, 7) is 5.69. The van der Waals surface area contributed by atoms with E-state index in [1.807, 2.05) is 0 Å². The van der Waals surface area contributed by atoms with Gasteiger partial charge in [-0.25, -0.2) is 0 Å².